The van der Waals surface area contributed by atoms with Crippen LogP contribution >= 0.6 is 11.6 Å². The summed E-state index contributed by atoms with van der Waals surface area (Å²) in [4.78, 5) is 25.3. The van der Waals surface area contributed by atoms with Crippen molar-refractivity contribution in [3.63, 3.8) is 0 Å². The summed E-state index contributed by atoms with van der Waals surface area (Å²) in [7, 11) is 0. The second-order valence-electron chi connectivity index (χ2n) is 9.27. The van der Waals surface area contributed by atoms with E-state index in [1.54, 1.807) is 6.07 Å². The molecule has 0 radical (unpaired) electrons. The van der Waals surface area contributed by atoms with Crippen molar-refractivity contribution in [3.05, 3.63) is 42.1 Å². The number of anilines is 4. The van der Waals surface area contributed by atoms with Gasteiger partial charge in [-0.1, -0.05) is 25.1 Å². The van der Waals surface area contributed by atoms with Gasteiger partial charge < -0.3 is 34.6 Å². The number of rotatable bonds is 8. The van der Waals surface area contributed by atoms with Crippen molar-refractivity contribution < 1.29 is 27.8 Å². The van der Waals surface area contributed by atoms with Crippen LogP contribution in [-0.4, -0.2) is 90.9 Å². The average molecular weight is 551 g/mol. The zero-order chi connectivity index (χ0) is 26.9. The van der Waals surface area contributed by atoms with Crippen molar-refractivity contribution in [1.82, 2.24) is 14.9 Å². The number of hydrogen-bond acceptors (Lipinski definition) is 9. The molecule has 3 saturated heterocycles. The van der Waals surface area contributed by atoms with Gasteiger partial charge in [-0.15, -0.1) is 0 Å². The number of benzene rings is 1. The van der Waals surface area contributed by atoms with Crippen molar-refractivity contribution in [3.8, 4) is 5.88 Å². The smallest absolute Gasteiger partial charge is 0.299 e. The first kappa shape index (κ1) is 26.5. The lowest BCUT2D eigenvalue weighted by molar-refractivity contribution is -0.111. The maximum atomic E-state index is 13.9. The molecule has 13 heteroatoms. The highest BCUT2D eigenvalue weighted by molar-refractivity contribution is 6.31. The van der Waals surface area contributed by atoms with Gasteiger partial charge in [-0.2, -0.15) is 4.98 Å². The predicted octanol–water partition coefficient (Wildman–Crippen LogP) is 3.32. The first-order valence-corrected chi connectivity index (χ1v) is 12.8. The summed E-state index contributed by atoms with van der Waals surface area (Å²) in [6.07, 6.45) is -0.507. The molecule has 1 aromatic carbocycles. The van der Waals surface area contributed by atoms with E-state index in [4.69, 9.17) is 25.8 Å². The number of ether oxygens (including phenoxy) is 3. The van der Waals surface area contributed by atoms with Crippen LogP contribution in [0.2, 0.25) is 5.02 Å². The number of amides is 1. The largest absolute Gasteiger partial charge is 0.468 e. The van der Waals surface area contributed by atoms with Crippen LogP contribution in [-0.2, 0) is 14.3 Å². The Morgan fingerprint density at radius 3 is 2.84 bits per heavy atom. The number of likely N-dealkylation sites (N-methyl/N-ethyl adjacent to an activating group) is 1. The third-order valence-corrected chi connectivity index (χ3v) is 7.08. The topological polar surface area (TPSA) is 101 Å². The van der Waals surface area contributed by atoms with Gasteiger partial charge in [0.25, 0.3) is 5.92 Å². The monoisotopic (exact) mass is 550 g/mol. The van der Waals surface area contributed by atoms with Crippen LogP contribution in [0, 0.1) is 0 Å². The average Bonchev–Trinajstić information content (AvgIpc) is 3.46. The van der Waals surface area contributed by atoms with Crippen molar-refractivity contribution in [2.24, 2.45) is 0 Å². The van der Waals surface area contributed by atoms with Crippen LogP contribution in [0.5, 0.6) is 5.88 Å². The van der Waals surface area contributed by atoms with E-state index >= 15 is 0 Å². The number of piperazine rings is 1. The van der Waals surface area contributed by atoms with Crippen molar-refractivity contribution in [1.29, 1.82) is 0 Å². The fourth-order valence-corrected chi connectivity index (χ4v) is 4.91. The van der Waals surface area contributed by atoms with Gasteiger partial charge in [-0.3, -0.25) is 4.79 Å². The van der Waals surface area contributed by atoms with Gasteiger partial charge in [-0.05, 0) is 30.8 Å². The van der Waals surface area contributed by atoms with Crippen molar-refractivity contribution in [2.45, 2.75) is 31.2 Å². The third kappa shape index (κ3) is 5.53. The second-order valence-corrected chi connectivity index (χ2v) is 9.67. The van der Waals surface area contributed by atoms with Gasteiger partial charge in [0.15, 0.2) is 12.2 Å². The number of nitrogens with one attached hydrogen (secondary N) is 2. The van der Waals surface area contributed by atoms with Crippen LogP contribution in [0.1, 0.15) is 6.92 Å². The van der Waals surface area contributed by atoms with Gasteiger partial charge in [-0.25, -0.2) is 13.8 Å². The van der Waals surface area contributed by atoms with Gasteiger partial charge in [0.1, 0.15) is 17.7 Å². The number of carbonyl (C=O) groups is 1. The normalized spacial score (nSPS) is 24.6. The Morgan fingerprint density at radius 2 is 2.11 bits per heavy atom. The molecule has 1 aromatic heterocycles. The van der Waals surface area contributed by atoms with E-state index in [-0.39, 0.29) is 29.4 Å². The molecule has 0 aliphatic carbocycles. The van der Waals surface area contributed by atoms with Crippen molar-refractivity contribution in [2.75, 3.05) is 61.5 Å². The molecule has 3 aliphatic heterocycles. The molecule has 3 aliphatic rings. The maximum absolute atomic E-state index is 13.9. The number of nitrogens with zero attached hydrogens (tertiary/aromatic N) is 4. The van der Waals surface area contributed by atoms with Crippen LogP contribution in [0.3, 0.4) is 0 Å². The molecule has 1 amide bonds. The standard InChI is InChI=1S/C25H29ClF2N6O4/c1-3-20(35)31-17-11-15(5-6-18(17)34-9-7-33(4-2)8-10-34)30-24-29-12-16(26)23(32-24)38-19-13-36-22-21(19)37-14-25(22,27)28/h3,5-6,11-12,19,21-22H,1,4,7-10,13-14H2,2H3,(H,31,35)(H,29,30,32)/t19-,21-,22+/m0/s1. The van der Waals surface area contributed by atoms with Crippen LogP contribution in [0.15, 0.2) is 37.1 Å². The fourth-order valence-electron chi connectivity index (χ4n) is 4.78. The van der Waals surface area contributed by atoms with Gasteiger partial charge in [0.2, 0.25) is 17.7 Å². The predicted molar refractivity (Wildman–Crippen MR) is 139 cm³/mol. The number of hydrogen-bond donors (Lipinski definition) is 2. The van der Waals surface area contributed by atoms with Crippen molar-refractivity contribution >= 4 is 40.5 Å². The van der Waals surface area contributed by atoms with Gasteiger partial charge >= 0.3 is 0 Å². The molecule has 38 heavy (non-hydrogen) atoms. The molecule has 5 rings (SSSR count). The number of aromatic nitrogens is 2. The molecular formula is C25H29ClF2N6O4. The lowest BCUT2D eigenvalue weighted by Gasteiger charge is -2.36. The molecule has 4 heterocycles. The number of halogens is 3. The lowest BCUT2D eigenvalue weighted by Crippen LogP contribution is -2.46. The van der Waals surface area contributed by atoms with E-state index in [1.807, 2.05) is 12.1 Å². The summed E-state index contributed by atoms with van der Waals surface area (Å²) >= 11 is 6.23. The molecular weight excluding hydrogens is 522 g/mol. The zero-order valence-electron chi connectivity index (χ0n) is 20.8. The highest BCUT2D eigenvalue weighted by Gasteiger charge is 2.59. The Kier molecular flexibility index (Phi) is 7.66. The zero-order valence-corrected chi connectivity index (χ0v) is 21.6. The fraction of sp³-hybridized carbons (Fsp3) is 0.480. The number of alkyl halides is 2. The maximum Gasteiger partial charge on any atom is 0.299 e. The quantitative estimate of drug-likeness (QED) is 0.479. The van der Waals surface area contributed by atoms with E-state index < -0.39 is 30.8 Å². The molecule has 2 aromatic rings. The summed E-state index contributed by atoms with van der Waals surface area (Å²) in [6.45, 7) is 9.42. The highest BCUT2D eigenvalue weighted by atomic mass is 35.5. The summed E-state index contributed by atoms with van der Waals surface area (Å²) in [5.74, 6) is -3.21. The lowest BCUT2D eigenvalue weighted by atomic mass is 10.1. The Hall–Kier alpha value is -3.06. The van der Waals surface area contributed by atoms with Crippen LogP contribution in [0.25, 0.3) is 0 Å². The molecule has 0 unspecified atom stereocenters. The minimum absolute atomic E-state index is 0.0165. The summed E-state index contributed by atoms with van der Waals surface area (Å²) in [5, 5.41) is 6.08. The number of carbonyl (C=O) groups excluding carboxylic acids is 1. The van der Waals surface area contributed by atoms with E-state index in [1.165, 1.54) is 12.3 Å². The number of fused-ring (bicyclic) bond motifs is 1. The van der Waals surface area contributed by atoms with Gasteiger partial charge in [0.05, 0.1) is 24.2 Å². The van der Waals surface area contributed by atoms with E-state index in [0.29, 0.717) is 11.4 Å². The van der Waals surface area contributed by atoms with E-state index in [9.17, 15) is 13.6 Å². The summed E-state index contributed by atoms with van der Waals surface area (Å²) in [6, 6.07) is 5.56. The molecule has 3 atom stereocenters. The summed E-state index contributed by atoms with van der Waals surface area (Å²) in [5.41, 5.74) is 2.12. The van der Waals surface area contributed by atoms with Crippen LogP contribution in [0.4, 0.5) is 31.8 Å². The molecule has 0 bridgehead atoms. The second kappa shape index (κ2) is 11.0. The highest BCUT2D eigenvalue weighted by Crippen LogP contribution is 2.40. The molecule has 0 spiro atoms. The van der Waals surface area contributed by atoms with Gasteiger partial charge in [0, 0.05) is 31.9 Å². The molecule has 0 saturated carbocycles. The SMILES string of the molecule is C=CC(=O)Nc1cc(Nc2ncc(Cl)c(O[C@H]3CO[C@@H]4[C@H]3OCC4(F)F)n2)ccc1N1CCN(CC)CC1. The van der Waals surface area contributed by atoms with E-state index in [0.717, 1.165) is 38.4 Å². The first-order chi connectivity index (χ1) is 18.3. The third-order valence-electron chi connectivity index (χ3n) is 6.82. The Balaban J connectivity index is 1.32. The Bertz CT molecular complexity index is 1200. The molecule has 3 fully saturated rings. The minimum atomic E-state index is -3.07. The first-order valence-electron chi connectivity index (χ1n) is 12.4. The molecule has 2 N–H and O–H groups in total. The Labute approximate surface area is 223 Å². The molecule has 204 valence electrons. The minimum Gasteiger partial charge on any atom is -0.468 e. The van der Waals surface area contributed by atoms with E-state index in [2.05, 4.69) is 43.9 Å². The summed E-state index contributed by atoms with van der Waals surface area (Å²) < 4.78 is 44.1. The Morgan fingerprint density at radius 1 is 1.32 bits per heavy atom. The molecule has 10 nitrogen and oxygen atoms in total. The van der Waals surface area contributed by atoms with Crippen LogP contribution < -0.4 is 20.3 Å².